The molecule has 0 bridgehead atoms. The number of benzene rings is 1. The lowest BCUT2D eigenvalue weighted by molar-refractivity contribution is -0.145. The third-order valence-corrected chi connectivity index (χ3v) is 4.04. The Morgan fingerprint density at radius 1 is 1.43 bits per heavy atom. The number of carbonyl (C=O) groups is 1. The van der Waals surface area contributed by atoms with Crippen LogP contribution in [0.3, 0.4) is 0 Å². The lowest BCUT2D eigenvalue weighted by Gasteiger charge is -2.36. The summed E-state index contributed by atoms with van der Waals surface area (Å²) in [6.45, 7) is 3.83. The molecule has 1 aromatic rings. The van der Waals surface area contributed by atoms with Crippen molar-refractivity contribution in [1.29, 1.82) is 0 Å². The predicted octanol–water partition coefficient (Wildman–Crippen LogP) is 2.32. The van der Waals surface area contributed by atoms with Crippen LogP contribution in [0.5, 0.6) is 5.75 Å². The van der Waals surface area contributed by atoms with Crippen LogP contribution in [0, 0.1) is 0 Å². The van der Waals surface area contributed by atoms with Gasteiger partial charge in [-0.15, -0.1) is 0 Å². The summed E-state index contributed by atoms with van der Waals surface area (Å²) in [6.07, 6.45) is 1.82. The van der Waals surface area contributed by atoms with Gasteiger partial charge in [0.25, 0.3) is 0 Å². The Labute approximate surface area is 125 Å². The van der Waals surface area contributed by atoms with Crippen molar-refractivity contribution >= 4 is 5.97 Å². The molecule has 1 N–H and O–H groups in total. The van der Waals surface area contributed by atoms with Gasteiger partial charge in [-0.1, -0.05) is 12.1 Å². The molecule has 0 spiro atoms. The molecule has 2 rings (SSSR count). The number of hydrogen-bond acceptors (Lipinski definition) is 4. The van der Waals surface area contributed by atoms with Crippen molar-refractivity contribution in [3.8, 4) is 5.75 Å². The Hall–Kier alpha value is -1.59. The van der Waals surface area contributed by atoms with Crippen molar-refractivity contribution in [2.75, 3.05) is 26.8 Å². The molecule has 0 aliphatic carbocycles. The van der Waals surface area contributed by atoms with E-state index in [1.165, 1.54) is 5.56 Å². The van der Waals surface area contributed by atoms with Crippen LogP contribution in [0.25, 0.3) is 0 Å². The number of ether oxygens (including phenoxy) is 2. The Bertz CT molecular complexity index is 469. The van der Waals surface area contributed by atoms with Crippen molar-refractivity contribution in [3.63, 3.8) is 0 Å². The van der Waals surface area contributed by atoms with Crippen LogP contribution in [0.2, 0.25) is 0 Å². The highest BCUT2D eigenvalue weighted by Gasteiger charge is 2.24. The van der Waals surface area contributed by atoms with E-state index in [0.29, 0.717) is 6.04 Å². The fraction of sp³-hybridized carbons (Fsp3) is 0.562. The Kier molecular flexibility index (Phi) is 5.59. The molecule has 1 saturated heterocycles. The third-order valence-electron chi connectivity index (χ3n) is 4.04. The molecule has 1 aliphatic heterocycles. The first-order chi connectivity index (χ1) is 10.1. The van der Waals surface area contributed by atoms with Gasteiger partial charge >= 0.3 is 5.97 Å². The maximum Gasteiger partial charge on any atom is 0.329 e. The second-order valence-corrected chi connectivity index (χ2v) is 5.39. The molecule has 5 nitrogen and oxygen atoms in total. The van der Waals surface area contributed by atoms with Crippen molar-refractivity contribution < 1.29 is 19.4 Å². The zero-order valence-electron chi connectivity index (χ0n) is 12.6. The number of hydrogen-bond donors (Lipinski definition) is 1. The molecule has 1 fully saturated rings. The standard InChI is InChI=1S/C16H23NO4/c1-12(13-4-3-5-15(10-13)20-2)17-8-6-14(7-9-17)21-11-16(18)19/h3-5,10,12,14H,6-9,11H2,1-2H3,(H,18,19). The van der Waals surface area contributed by atoms with E-state index in [9.17, 15) is 4.79 Å². The summed E-state index contributed by atoms with van der Waals surface area (Å²) >= 11 is 0. The van der Waals surface area contributed by atoms with Crippen molar-refractivity contribution in [2.24, 2.45) is 0 Å². The second kappa shape index (κ2) is 7.43. The van der Waals surface area contributed by atoms with Gasteiger partial charge in [-0.3, -0.25) is 4.90 Å². The molecule has 0 aromatic heterocycles. The molecule has 1 atom stereocenters. The van der Waals surface area contributed by atoms with E-state index in [2.05, 4.69) is 24.0 Å². The first kappa shape index (κ1) is 15.8. The van der Waals surface area contributed by atoms with E-state index >= 15 is 0 Å². The van der Waals surface area contributed by atoms with E-state index in [-0.39, 0.29) is 12.7 Å². The Morgan fingerprint density at radius 2 is 2.14 bits per heavy atom. The van der Waals surface area contributed by atoms with Gasteiger partial charge in [0.15, 0.2) is 0 Å². The molecular formula is C16H23NO4. The van der Waals surface area contributed by atoms with E-state index in [1.807, 2.05) is 12.1 Å². The van der Waals surface area contributed by atoms with Crippen LogP contribution < -0.4 is 4.74 Å². The van der Waals surface area contributed by atoms with Crippen molar-refractivity contribution in [3.05, 3.63) is 29.8 Å². The summed E-state index contributed by atoms with van der Waals surface area (Å²) in [7, 11) is 1.68. The van der Waals surface area contributed by atoms with Crippen LogP contribution in [0.4, 0.5) is 0 Å². The van der Waals surface area contributed by atoms with Crippen LogP contribution in [-0.4, -0.2) is 48.9 Å². The smallest absolute Gasteiger partial charge is 0.329 e. The van der Waals surface area contributed by atoms with Gasteiger partial charge in [0.05, 0.1) is 13.2 Å². The number of aliphatic carboxylic acids is 1. The van der Waals surface area contributed by atoms with Gasteiger partial charge in [-0.2, -0.15) is 0 Å². The summed E-state index contributed by atoms with van der Waals surface area (Å²) in [5, 5.41) is 8.64. The number of carboxylic acids is 1. The number of methoxy groups -OCH3 is 1. The maximum absolute atomic E-state index is 10.5. The van der Waals surface area contributed by atoms with Crippen LogP contribution >= 0.6 is 0 Å². The predicted molar refractivity (Wildman–Crippen MR) is 79.6 cm³/mol. The van der Waals surface area contributed by atoms with Crippen LogP contribution in [0.15, 0.2) is 24.3 Å². The minimum Gasteiger partial charge on any atom is -0.497 e. The Balaban J connectivity index is 1.87. The monoisotopic (exact) mass is 293 g/mol. The zero-order chi connectivity index (χ0) is 15.2. The summed E-state index contributed by atoms with van der Waals surface area (Å²) in [6, 6.07) is 8.45. The van der Waals surface area contributed by atoms with Crippen molar-refractivity contribution in [1.82, 2.24) is 4.90 Å². The molecule has 0 saturated carbocycles. The molecule has 21 heavy (non-hydrogen) atoms. The molecule has 116 valence electrons. The quantitative estimate of drug-likeness (QED) is 0.872. The summed E-state index contributed by atoms with van der Waals surface area (Å²) in [4.78, 5) is 12.9. The highest BCUT2D eigenvalue weighted by atomic mass is 16.5. The summed E-state index contributed by atoms with van der Waals surface area (Å²) in [5.41, 5.74) is 1.24. The first-order valence-electron chi connectivity index (χ1n) is 7.31. The molecule has 1 aliphatic rings. The minimum atomic E-state index is -0.901. The molecule has 1 heterocycles. The molecule has 0 radical (unpaired) electrons. The van der Waals surface area contributed by atoms with Crippen molar-refractivity contribution in [2.45, 2.75) is 31.9 Å². The average molecular weight is 293 g/mol. The van der Waals surface area contributed by atoms with Gasteiger partial charge in [0.2, 0.25) is 0 Å². The minimum absolute atomic E-state index is 0.0647. The second-order valence-electron chi connectivity index (χ2n) is 5.39. The topological polar surface area (TPSA) is 59.0 Å². The average Bonchev–Trinajstić information content (AvgIpc) is 2.52. The van der Waals surface area contributed by atoms with E-state index in [4.69, 9.17) is 14.6 Å². The number of piperidine rings is 1. The molecule has 1 unspecified atom stereocenters. The number of rotatable bonds is 6. The van der Waals surface area contributed by atoms with Crippen LogP contribution in [-0.2, 0) is 9.53 Å². The number of carboxylic acid groups (broad SMARTS) is 1. The van der Waals surface area contributed by atoms with E-state index in [1.54, 1.807) is 7.11 Å². The zero-order valence-corrected chi connectivity index (χ0v) is 12.6. The van der Waals surface area contributed by atoms with Crippen LogP contribution in [0.1, 0.15) is 31.4 Å². The normalized spacial score (nSPS) is 18.4. The van der Waals surface area contributed by atoms with Gasteiger partial charge < -0.3 is 14.6 Å². The molecule has 1 aromatic carbocycles. The SMILES string of the molecule is COc1cccc(C(C)N2CCC(OCC(=O)O)CC2)c1. The summed E-state index contributed by atoms with van der Waals surface area (Å²) in [5.74, 6) is -0.0267. The van der Waals surface area contributed by atoms with Gasteiger partial charge in [-0.05, 0) is 37.5 Å². The third kappa shape index (κ3) is 4.44. The molecular weight excluding hydrogens is 270 g/mol. The largest absolute Gasteiger partial charge is 0.497 e. The number of likely N-dealkylation sites (tertiary alicyclic amines) is 1. The Morgan fingerprint density at radius 3 is 2.76 bits per heavy atom. The van der Waals surface area contributed by atoms with Gasteiger partial charge in [0.1, 0.15) is 12.4 Å². The lowest BCUT2D eigenvalue weighted by Crippen LogP contribution is -2.39. The molecule has 0 amide bonds. The van der Waals surface area contributed by atoms with Gasteiger partial charge in [-0.25, -0.2) is 4.79 Å². The summed E-state index contributed by atoms with van der Waals surface area (Å²) < 4.78 is 10.6. The van der Waals surface area contributed by atoms with E-state index < -0.39 is 5.97 Å². The fourth-order valence-corrected chi connectivity index (χ4v) is 2.73. The first-order valence-corrected chi connectivity index (χ1v) is 7.31. The van der Waals surface area contributed by atoms with E-state index in [0.717, 1.165) is 31.7 Å². The highest BCUT2D eigenvalue weighted by Crippen LogP contribution is 2.27. The van der Waals surface area contributed by atoms with Gasteiger partial charge in [0, 0.05) is 19.1 Å². The fourth-order valence-electron chi connectivity index (χ4n) is 2.73. The highest BCUT2D eigenvalue weighted by molar-refractivity contribution is 5.68. The lowest BCUT2D eigenvalue weighted by atomic mass is 10.0. The maximum atomic E-state index is 10.5. The number of nitrogens with zero attached hydrogens (tertiary/aromatic N) is 1. The molecule has 5 heteroatoms.